The average Bonchev–Trinajstić information content (AvgIpc) is 2.74. The second kappa shape index (κ2) is 9.28. The Balaban J connectivity index is 1.75. The molecular weight excluding hydrogens is 360 g/mol. The number of carbonyl (C=O) groups is 2. The molecule has 1 unspecified atom stereocenters. The number of nitrogens with zero attached hydrogens (tertiary/aromatic N) is 2. The number of hydrogen-bond donors (Lipinski definition) is 0. The number of carbonyl (C=O) groups excluding carboxylic acids is 2. The van der Waals surface area contributed by atoms with Gasteiger partial charge in [0.05, 0.1) is 18.8 Å². The van der Waals surface area contributed by atoms with Gasteiger partial charge < -0.3 is 24.0 Å². The lowest BCUT2D eigenvalue weighted by Gasteiger charge is -2.34. The molecule has 3 rings (SSSR count). The number of likely N-dealkylation sites (tertiary alicyclic amines) is 2. The lowest BCUT2D eigenvalue weighted by Crippen LogP contribution is -2.43. The summed E-state index contributed by atoms with van der Waals surface area (Å²) in [5, 5.41) is 0. The first kappa shape index (κ1) is 20.5. The van der Waals surface area contributed by atoms with Crippen LogP contribution in [0, 0.1) is 0 Å². The van der Waals surface area contributed by atoms with Crippen molar-refractivity contribution in [2.45, 2.75) is 44.8 Å². The van der Waals surface area contributed by atoms with Crippen molar-refractivity contribution in [1.29, 1.82) is 0 Å². The van der Waals surface area contributed by atoms with E-state index in [1.54, 1.807) is 33.3 Å². The molecule has 7 heteroatoms. The van der Waals surface area contributed by atoms with Crippen LogP contribution in [0.2, 0.25) is 0 Å². The van der Waals surface area contributed by atoms with Crippen LogP contribution in [-0.4, -0.2) is 74.2 Å². The van der Waals surface area contributed by atoms with Crippen LogP contribution in [0.5, 0.6) is 11.5 Å². The number of amides is 2. The molecule has 0 spiro atoms. The quantitative estimate of drug-likeness (QED) is 0.772. The number of rotatable bonds is 5. The van der Waals surface area contributed by atoms with Crippen LogP contribution in [0.3, 0.4) is 0 Å². The van der Waals surface area contributed by atoms with Crippen LogP contribution >= 0.6 is 0 Å². The molecule has 2 fully saturated rings. The van der Waals surface area contributed by atoms with Crippen LogP contribution in [0.25, 0.3) is 0 Å². The van der Waals surface area contributed by atoms with E-state index in [0.29, 0.717) is 43.2 Å². The van der Waals surface area contributed by atoms with E-state index in [1.807, 2.05) is 15.9 Å². The largest absolute Gasteiger partial charge is 0.497 e. The molecule has 2 heterocycles. The fraction of sp³-hybridized carbons (Fsp3) is 0.619. The molecule has 0 bridgehead atoms. The predicted octanol–water partition coefficient (Wildman–Crippen LogP) is 2.34. The van der Waals surface area contributed by atoms with Crippen molar-refractivity contribution in [3.8, 4) is 11.5 Å². The van der Waals surface area contributed by atoms with Crippen molar-refractivity contribution >= 4 is 11.8 Å². The van der Waals surface area contributed by atoms with Gasteiger partial charge in [0.1, 0.15) is 17.6 Å². The first-order valence-corrected chi connectivity index (χ1v) is 9.94. The van der Waals surface area contributed by atoms with Crippen LogP contribution in [-0.2, 0) is 9.53 Å². The maximum Gasteiger partial charge on any atom is 0.257 e. The molecule has 0 saturated carbocycles. The number of methoxy groups -OCH3 is 2. The van der Waals surface area contributed by atoms with Crippen molar-refractivity contribution < 1.29 is 23.8 Å². The first-order valence-electron chi connectivity index (χ1n) is 9.94. The topological polar surface area (TPSA) is 68.3 Å². The summed E-state index contributed by atoms with van der Waals surface area (Å²) in [6.45, 7) is 4.25. The molecule has 28 heavy (non-hydrogen) atoms. The Morgan fingerprint density at radius 1 is 1.00 bits per heavy atom. The zero-order valence-electron chi connectivity index (χ0n) is 17.0. The fourth-order valence-electron chi connectivity index (χ4n) is 3.86. The summed E-state index contributed by atoms with van der Waals surface area (Å²) in [6, 6.07) is 5.37. The molecule has 2 aliphatic heterocycles. The van der Waals surface area contributed by atoms with Gasteiger partial charge in [0.15, 0.2) is 0 Å². The molecule has 0 aromatic heterocycles. The minimum absolute atomic E-state index is 0.0105. The molecular formula is C21H30N2O5. The lowest BCUT2D eigenvalue weighted by molar-refractivity contribution is -0.130. The summed E-state index contributed by atoms with van der Waals surface area (Å²) < 4.78 is 17.0. The molecule has 2 amide bonds. The van der Waals surface area contributed by atoms with Gasteiger partial charge in [-0.15, -0.1) is 0 Å². The minimum atomic E-state index is -0.0585. The summed E-state index contributed by atoms with van der Waals surface area (Å²) in [6.07, 6.45) is 3.47. The lowest BCUT2D eigenvalue weighted by atomic mass is 10.0. The maximum atomic E-state index is 13.2. The third kappa shape index (κ3) is 4.76. The number of ether oxygens (including phenoxy) is 3. The predicted molar refractivity (Wildman–Crippen MR) is 105 cm³/mol. The van der Waals surface area contributed by atoms with Gasteiger partial charge in [-0.2, -0.15) is 0 Å². The van der Waals surface area contributed by atoms with E-state index in [0.717, 1.165) is 25.7 Å². The number of benzene rings is 1. The molecule has 7 nitrogen and oxygen atoms in total. The number of hydrogen-bond acceptors (Lipinski definition) is 5. The Labute approximate surface area is 166 Å². The van der Waals surface area contributed by atoms with E-state index >= 15 is 0 Å². The normalized spacial score (nSPS) is 20.8. The highest BCUT2D eigenvalue weighted by atomic mass is 16.5. The van der Waals surface area contributed by atoms with E-state index < -0.39 is 0 Å². The summed E-state index contributed by atoms with van der Waals surface area (Å²) in [7, 11) is 3.27. The summed E-state index contributed by atoms with van der Waals surface area (Å²) in [5.41, 5.74) is 0.519. The Kier molecular flexibility index (Phi) is 6.78. The summed E-state index contributed by atoms with van der Waals surface area (Å²) in [4.78, 5) is 28.4. The molecule has 2 saturated heterocycles. The summed E-state index contributed by atoms with van der Waals surface area (Å²) >= 11 is 0. The minimum Gasteiger partial charge on any atom is -0.497 e. The Hall–Kier alpha value is -2.28. The third-order valence-electron chi connectivity index (χ3n) is 5.60. The van der Waals surface area contributed by atoms with Crippen molar-refractivity contribution in [2.75, 3.05) is 40.4 Å². The van der Waals surface area contributed by atoms with Gasteiger partial charge in [0.2, 0.25) is 5.91 Å². The second-order valence-corrected chi connectivity index (χ2v) is 7.44. The monoisotopic (exact) mass is 390 g/mol. The molecule has 0 radical (unpaired) electrons. The first-order chi connectivity index (χ1) is 13.5. The smallest absolute Gasteiger partial charge is 0.257 e. The highest BCUT2D eigenvalue weighted by Gasteiger charge is 2.28. The van der Waals surface area contributed by atoms with Crippen LogP contribution in [0.15, 0.2) is 18.2 Å². The van der Waals surface area contributed by atoms with E-state index in [1.165, 1.54) is 0 Å². The molecule has 154 valence electrons. The molecule has 1 atom stereocenters. The third-order valence-corrected chi connectivity index (χ3v) is 5.60. The molecule has 2 aliphatic rings. The van der Waals surface area contributed by atoms with Gasteiger partial charge in [-0.25, -0.2) is 0 Å². The average molecular weight is 390 g/mol. The number of piperidine rings is 2. The van der Waals surface area contributed by atoms with E-state index in [-0.39, 0.29) is 24.0 Å². The molecule has 0 aliphatic carbocycles. The fourth-order valence-corrected chi connectivity index (χ4v) is 3.86. The van der Waals surface area contributed by atoms with Crippen molar-refractivity contribution in [1.82, 2.24) is 9.80 Å². The molecule has 1 aromatic carbocycles. The van der Waals surface area contributed by atoms with Crippen LogP contribution in [0.4, 0.5) is 0 Å². The van der Waals surface area contributed by atoms with Crippen LogP contribution in [0.1, 0.15) is 43.0 Å². The Morgan fingerprint density at radius 3 is 2.39 bits per heavy atom. The molecule has 1 aromatic rings. The van der Waals surface area contributed by atoms with Crippen LogP contribution < -0.4 is 9.47 Å². The summed E-state index contributed by atoms with van der Waals surface area (Å²) in [5.74, 6) is 1.24. The standard InChI is InChI=1S/C21H30N2O5/c1-15(24)22-11-8-16(9-12-22)28-20-7-6-17(26-2)13-19(20)21(25)23-10-4-5-18(14-23)27-3/h6-7,13,16,18H,4-5,8-12,14H2,1-3H3. The Morgan fingerprint density at radius 2 is 1.75 bits per heavy atom. The van der Waals surface area contributed by atoms with E-state index in [9.17, 15) is 9.59 Å². The van der Waals surface area contributed by atoms with Crippen molar-refractivity contribution in [2.24, 2.45) is 0 Å². The van der Waals surface area contributed by atoms with E-state index in [4.69, 9.17) is 14.2 Å². The Bertz CT molecular complexity index is 700. The zero-order valence-corrected chi connectivity index (χ0v) is 17.0. The zero-order chi connectivity index (χ0) is 20.1. The van der Waals surface area contributed by atoms with Gasteiger partial charge >= 0.3 is 0 Å². The van der Waals surface area contributed by atoms with E-state index in [2.05, 4.69) is 0 Å². The van der Waals surface area contributed by atoms with Gasteiger partial charge in [-0.05, 0) is 31.0 Å². The second-order valence-electron chi connectivity index (χ2n) is 7.44. The van der Waals surface area contributed by atoms with Crippen molar-refractivity contribution in [3.63, 3.8) is 0 Å². The maximum absolute atomic E-state index is 13.2. The highest BCUT2D eigenvalue weighted by Crippen LogP contribution is 2.29. The van der Waals surface area contributed by atoms with Gasteiger partial charge in [0.25, 0.3) is 5.91 Å². The van der Waals surface area contributed by atoms with Gasteiger partial charge in [0, 0.05) is 53.1 Å². The van der Waals surface area contributed by atoms with Crippen molar-refractivity contribution in [3.05, 3.63) is 23.8 Å². The highest BCUT2D eigenvalue weighted by molar-refractivity contribution is 5.97. The van der Waals surface area contributed by atoms with Gasteiger partial charge in [-0.1, -0.05) is 0 Å². The SMILES string of the molecule is COc1ccc(OC2CCN(C(C)=O)CC2)c(C(=O)N2CCCC(OC)C2)c1. The molecule has 0 N–H and O–H groups in total. The van der Waals surface area contributed by atoms with Gasteiger partial charge in [-0.3, -0.25) is 9.59 Å².